The zero-order chi connectivity index (χ0) is 11.5. The van der Waals surface area contributed by atoms with Gasteiger partial charge in [-0.25, -0.2) is 0 Å². The Kier molecular flexibility index (Phi) is 3.25. The van der Waals surface area contributed by atoms with Crippen LogP contribution in [0.4, 0.5) is 0 Å². The zero-order valence-corrected chi connectivity index (χ0v) is 9.52. The number of hydrogen-bond acceptors (Lipinski definition) is 2. The van der Waals surface area contributed by atoms with Crippen LogP contribution in [0.25, 0.3) is 0 Å². The van der Waals surface area contributed by atoms with Crippen molar-refractivity contribution < 1.29 is 9.90 Å². The van der Waals surface area contributed by atoms with Gasteiger partial charge in [-0.3, -0.25) is 4.79 Å². The number of aliphatic hydroxyl groups excluding tert-OH is 1. The molecule has 3 heteroatoms. The van der Waals surface area contributed by atoms with Crippen molar-refractivity contribution >= 4 is 5.91 Å². The highest BCUT2D eigenvalue weighted by Crippen LogP contribution is 2.15. The van der Waals surface area contributed by atoms with E-state index in [1.807, 2.05) is 31.2 Å². The Morgan fingerprint density at radius 3 is 2.75 bits per heavy atom. The SMILES string of the molecule is Cc1ccc(CN2CC(O)CCC2=O)cc1. The second kappa shape index (κ2) is 4.66. The van der Waals surface area contributed by atoms with Gasteiger partial charge in [-0.1, -0.05) is 29.8 Å². The summed E-state index contributed by atoms with van der Waals surface area (Å²) < 4.78 is 0. The van der Waals surface area contributed by atoms with E-state index in [9.17, 15) is 9.90 Å². The number of likely N-dealkylation sites (tertiary alicyclic amines) is 1. The minimum atomic E-state index is -0.358. The van der Waals surface area contributed by atoms with Crippen LogP contribution < -0.4 is 0 Å². The van der Waals surface area contributed by atoms with Gasteiger partial charge in [-0.2, -0.15) is 0 Å². The fourth-order valence-corrected chi connectivity index (χ4v) is 1.96. The molecule has 1 heterocycles. The third-order valence-corrected chi connectivity index (χ3v) is 2.97. The number of carbonyl (C=O) groups excluding carboxylic acids is 1. The van der Waals surface area contributed by atoms with E-state index in [4.69, 9.17) is 0 Å². The van der Waals surface area contributed by atoms with E-state index in [1.54, 1.807) is 4.90 Å². The fourth-order valence-electron chi connectivity index (χ4n) is 1.96. The topological polar surface area (TPSA) is 40.5 Å². The van der Waals surface area contributed by atoms with E-state index in [2.05, 4.69) is 0 Å². The van der Waals surface area contributed by atoms with Crippen LogP contribution in [-0.4, -0.2) is 28.6 Å². The van der Waals surface area contributed by atoms with Crippen molar-refractivity contribution in [1.82, 2.24) is 4.90 Å². The lowest BCUT2D eigenvalue weighted by Gasteiger charge is -2.30. The van der Waals surface area contributed by atoms with Crippen molar-refractivity contribution in [3.8, 4) is 0 Å². The molecule has 0 saturated carbocycles. The average molecular weight is 219 g/mol. The molecule has 0 aromatic heterocycles. The number of aryl methyl sites for hydroxylation is 1. The molecule has 1 saturated heterocycles. The van der Waals surface area contributed by atoms with Gasteiger partial charge in [-0.15, -0.1) is 0 Å². The van der Waals surface area contributed by atoms with Gasteiger partial charge in [0.25, 0.3) is 0 Å². The number of amides is 1. The number of carbonyl (C=O) groups is 1. The summed E-state index contributed by atoms with van der Waals surface area (Å²) in [4.78, 5) is 13.4. The summed E-state index contributed by atoms with van der Waals surface area (Å²) in [6, 6.07) is 8.15. The largest absolute Gasteiger partial charge is 0.391 e. The van der Waals surface area contributed by atoms with E-state index in [0.29, 0.717) is 25.9 Å². The number of aliphatic hydroxyl groups is 1. The lowest BCUT2D eigenvalue weighted by molar-refractivity contribution is -0.137. The first-order chi connectivity index (χ1) is 7.65. The standard InChI is InChI=1S/C13H17NO2/c1-10-2-4-11(5-3-10)8-14-9-12(15)6-7-13(14)16/h2-5,12,15H,6-9H2,1H3. The van der Waals surface area contributed by atoms with Crippen LogP contribution in [0.15, 0.2) is 24.3 Å². The highest BCUT2D eigenvalue weighted by atomic mass is 16.3. The summed E-state index contributed by atoms with van der Waals surface area (Å²) in [7, 11) is 0. The molecule has 16 heavy (non-hydrogen) atoms. The molecule has 1 amide bonds. The van der Waals surface area contributed by atoms with E-state index in [-0.39, 0.29) is 12.0 Å². The number of hydrogen-bond donors (Lipinski definition) is 1. The first-order valence-corrected chi connectivity index (χ1v) is 5.66. The van der Waals surface area contributed by atoms with Gasteiger partial charge < -0.3 is 10.0 Å². The Hall–Kier alpha value is -1.35. The Balaban J connectivity index is 2.02. The molecule has 2 rings (SSSR count). The average Bonchev–Trinajstić information content (AvgIpc) is 2.27. The Morgan fingerprint density at radius 1 is 1.38 bits per heavy atom. The lowest BCUT2D eigenvalue weighted by Crippen LogP contribution is -2.41. The van der Waals surface area contributed by atoms with Gasteiger partial charge in [0.15, 0.2) is 0 Å². The third kappa shape index (κ3) is 2.61. The molecule has 0 bridgehead atoms. The molecule has 1 fully saturated rings. The van der Waals surface area contributed by atoms with Gasteiger partial charge in [-0.05, 0) is 18.9 Å². The summed E-state index contributed by atoms with van der Waals surface area (Å²) in [5, 5.41) is 9.53. The van der Waals surface area contributed by atoms with Crippen LogP contribution >= 0.6 is 0 Å². The number of benzene rings is 1. The molecule has 3 nitrogen and oxygen atoms in total. The monoisotopic (exact) mass is 219 g/mol. The minimum absolute atomic E-state index is 0.144. The van der Waals surface area contributed by atoms with Crippen LogP contribution in [0.3, 0.4) is 0 Å². The van der Waals surface area contributed by atoms with Crippen LogP contribution in [0.5, 0.6) is 0 Å². The smallest absolute Gasteiger partial charge is 0.223 e. The molecule has 1 aromatic carbocycles. The highest BCUT2D eigenvalue weighted by Gasteiger charge is 2.23. The predicted octanol–water partition coefficient (Wildman–Crippen LogP) is 1.48. The van der Waals surface area contributed by atoms with Crippen LogP contribution in [0.2, 0.25) is 0 Å². The maximum absolute atomic E-state index is 11.6. The number of nitrogens with zero attached hydrogens (tertiary/aromatic N) is 1. The van der Waals surface area contributed by atoms with Crippen molar-refractivity contribution in [2.45, 2.75) is 32.4 Å². The molecule has 0 spiro atoms. The number of β-amino-alcohol motifs (C(OH)–C–C–N with tert-alkyl or cyclic N) is 1. The van der Waals surface area contributed by atoms with Gasteiger partial charge in [0.2, 0.25) is 5.91 Å². The van der Waals surface area contributed by atoms with Crippen molar-refractivity contribution in [2.75, 3.05) is 6.54 Å². The molecule has 1 aromatic rings. The van der Waals surface area contributed by atoms with Gasteiger partial charge >= 0.3 is 0 Å². The van der Waals surface area contributed by atoms with E-state index in [1.165, 1.54) is 5.56 Å². The van der Waals surface area contributed by atoms with Crippen LogP contribution in [-0.2, 0) is 11.3 Å². The van der Waals surface area contributed by atoms with Crippen molar-refractivity contribution in [3.63, 3.8) is 0 Å². The molecule has 0 aliphatic carbocycles. The molecule has 1 N–H and O–H groups in total. The number of rotatable bonds is 2. The van der Waals surface area contributed by atoms with Crippen molar-refractivity contribution in [3.05, 3.63) is 35.4 Å². The summed E-state index contributed by atoms with van der Waals surface area (Å²) in [6.45, 7) is 3.11. The third-order valence-electron chi connectivity index (χ3n) is 2.97. The normalized spacial score (nSPS) is 21.2. The van der Waals surface area contributed by atoms with Crippen molar-refractivity contribution in [2.24, 2.45) is 0 Å². The first kappa shape index (κ1) is 11.1. The highest BCUT2D eigenvalue weighted by molar-refractivity contribution is 5.77. The molecular weight excluding hydrogens is 202 g/mol. The fraction of sp³-hybridized carbons (Fsp3) is 0.462. The first-order valence-electron chi connectivity index (χ1n) is 5.66. The van der Waals surface area contributed by atoms with E-state index >= 15 is 0 Å². The zero-order valence-electron chi connectivity index (χ0n) is 9.52. The summed E-state index contributed by atoms with van der Waals surface area (Å²) >= 11 is 0. The van der Waals surface area contributed by atoms with Crippen LogP contribution in [0, 0.1) is 6.92 Å². The lowest BCUT2D eigenvalue weighted by atomic mass is 10.1. The Morgan fingerprint density at radius 2 is 2.06 bits per heavy atom. The van der Waals surface area contributed by atoms with E-state index in [0.717, 1.165) is 5.56 Å². The van der Waals surface area contributed by atoms with Crippen molar-refractivity contribution in [1.29, 1.82) is 0 Å². The maximum Gasteiger partial charge on any atom is 0.223 e. The minimum Gasteiger partial charge on any atom is -0.391 e. The molecule has 86 valence electrons. The Labute approximate surface area is 95.7 Å². The second-order valence-corrected chi connectivity index (χ2v) is 4.45. The quantitative estimate of drug-likeness (QED) is 0.818. The van der Waals surface area contributed by atoms with Gasteiger partial charge in [0.05, 0.1) is 6.10 Å². The summed E-state index contributed by atoms with van der Waals surface area (Å²) in [5.74, 6) is 0.144. The van der Waals surface area contributed by atoms with E-state index < -0.39 is 0 Å². The second-order valence-electron chi connectivity index (χ2n) is 4.45. The summed E-state index contributed by atoms with van der Waals surface area (Å²) in [6.07, 6.45) is 0.708. The molecular formula is C13H17NO2. The predicted molar refractivity (Wildman–Crippen MR) is 61.8 cm³/mol. The maximum atomic E-state index is 11.6. The van der Waals surface area contributed by atoms with Crippen LogP contribution in [0.1, 0.15) is 24.0 Å². The van der Waals surface area contributed by atoms with Gasteiger partial charge in [0.1, 0.15) is 0 Å². The molecule has 1 aliphatic heterocycles. The molecule has 1 unspecified atom stereocenters. The molecule has 1 atom stereocenters. The number of piperidine rings is 1. The van der Waals surface area contributed by atoms with Gasteiger partial charge in [0, 0.05) is 19.5 Å². The molecule has 1 aliphatic rings. The summed E-state index contributed by atoms with van der Waals surface area (Å²) in [5.41, 5.74) is 2.34. The Bertz CT molecular complexity index is 372. The molecule has 0 radical (unpaired) electrons.